The van der Waals surface area contributed by atoms with Crippen LogP contribution in [0.2, 0.25) is 0 Å². The number of hydrogen-bond donors (Lipinski definition) is 0. The Labute approximate surface area is 125 Å². The second kappa shape index (κ2) is 7.94. The average molecular weight is 294 g/mol. The van der Waals surface area contributed by atoms with Gasteiger partial charge in [-0.1, -0.05) is 38.1 Å². The SMILES string of the molecule is CC(C)Cc1ccc(CS(=O)CC2CCOCC2)cc1. The molecule has 0 aliphatic carbocycles. The molecular weight excluding hydrogens is 268 g/mol. The first-order valence-corrected chi connectivity index (χ1v) is 9.13. The Morgan fingerprint density at radius 1 is 1.15 bits per heavy atom. The van der Waals surface area contributed by atoms with Gasteiger partial charge in [0.05, 0.1) is 0 Å². The zero-order valence-electron chi connectivity index (χ0n) is 12.6. The van der Waals surface area contributed by atoms with Crippen molar-refractivity contribution in [3.8, 4) is 0 Å². The van der Waals surface area contributed by atoms with Crippen molar-refractivity contribution < 1.29 is 8.95 Å². The Balaban J connectivity index is 1.81. The zero-order valence-corrected chi connectivity index (χ0v) is 13.5. The molecule has 1 aromatic carbocycles. The topological polar surface area (TPSA) is 26.3 Å². The molecule has 1 aliphatic rings. The molecule has 3 heteroatoms. The fraction of sp³-hybridized carbons (Fsp3) is 0.647. The van der Waals surface area contributed by atoms with E-state index >= 15 is 0 Å². The lowest BCUT2D eigenvalue weighted by atomic mass is 10.0. The van der Waals surface area contributed by atoms with E-state index in [0.29, 0.717) is 17.6 Å². The van der Waals surface area contributed by atoms with Gasteiger partial charge in [0.2, 0.25) is 0 Å². The molecule has 20 heavy (non-hydrogen) atoms. The Morgan fingerprint density at radius 2 is 1.75 bits per heavy atom. The van der Waals surface area contributed by atoms with Crippen LogP contribution in [0, 0.1) is 11.8 Å². The summed E-state index contributed by atoms with van der Waals surface area (Å²) in [6, 6.07) is 8.64. The van der Waals surface area contributed by atoms with E-state index in [1.165, 1.54) is 11.1 Å². The molecular formula is C17H26O2S. The van der Waals surface area contributed by atoms with Gasteiger partial charge in [-0.25, -0.2) is 0 Å². The maximum absolute atomic E-state index is 12.2. The third-order valence-corrected chi connectivity index (χ3v) is 5.26. The summed E-state index contributed by atoms with van der Waals surface area (Å²) in [6.45, 7) is 6.14. The van der Waals surface area contributed by atoms with Crippen LogP contribution in [0.15, 0.2) is 24.3 Å². The van der Waals surface area contributed by atoms with Crippen LogP contribution in [0.5, 0.6) is 0 Å². The molecule has 0 spiro atoms. The normalized spacial score (nSPS) is 18.4. The average Bonchev–Trinajstić information content (AvgIpc) is 2.41. The maximum atomic E-state index is 12.2. The molecule has 1 aliphatic heterocycles. The highest BCUT2D eigenvalue weighted by Gasteiger charge is 2.16. The molecule has 1 saturated heterocycles. The van der Waals surface area contributed by atoms with Gasteiger partial charge in [0.1, 0.15) is 0 Å². The highest BCUT2D eigenvalue weighted by molar-refractivity contribution is 7.84. The van der Waals surface area contributed by atoms with E-state index in [2.05, 4.69) is 38.1 Å². The molecule has 1 atom stereocenters. The standard InChI is InChI=1S/C17H26O2S/c1-14(2)11-15-3-5-16(6-4-15)12-20(18)13-17-7-9-19-10-8-17/h3-6,14,17H,7-13H2,1-2H3. The van der Waals surface area contributed by atoms with Gasteiger partial charge in [0.15, 0.2) is 0 Å². The molecule has 0 radical (unpaired) electrons. The van der Waals surface area contributed by atoms with Gasteiger partial charge in [-0.3, -0.25) is 4.21 Å². The van der Waals surface area contributed by atoms with Crippen LogP contribution in [0.3, 0.4) is 0 Å². The minimum atomic E-state index is -0.741. The van der Waals surface area contributed by atoms with Crippen LogP contribution in [0.4, 0.5) is 0 Å². The molecule has 0 amide bonds. The van der Waals surface area contributed by atoms with Crippen molar-refractivity contribution in [1.82, 2.24) is 0 Å². The third kappa shape index (κ3) is 5.37. The molecule has 1 unspecified atom stereocenters. The lowest BCUT2D eigenvalue weighted by Crippen LogP contribution is -2.21. The predicted molar refractivity (Wildman–Crippen MR) is 85.2 cm³/mol. The third-order valence-electron chi connectivity index (χ3n) is 3.76. The van der Waals surface area contributed by atoms with E-state index < -0.39 is 10.8 Å². The first kappa shape index (κ1) is 15.7. The van der Waals surface area contributed by atoms with Crippen molar-refractivity contribution in [2.24, 2.45) is 11.8 Å². The van der Waals surface area contributed by atoms with Crippen LogP contribution in [0.25, 0.3) is 0 Å². The van der Waals surface area contributed by atoms with Gasteiger partial charge < -0.3 is 4.74 Å². The molecule has 1 aromatic rings. The first-order valence-electron chi connectivity index (χ1n) is 7.64. The summed E-state index contributed by atoms with van der Waals surface area (Å²) in [5, 5.41) is 0. The lowest BCUT2D eigenvalue weighted by Gasteiger charge is -2.21. The summed E-state index contributed by atoms with van der Waals surface area (Å²) < 4.78 is 17.6. The van der Waals surface area contributed by atoms with E-state index in [4.69, 9.17) is 4.74 Å². The highest BCUT2D eigenvalue weighted by Crippen LogP contribution is 2.17. The van der Waals surface area contributed by atoms with Crippen LogP contribution in [0.1, 0.15) is 37.8 Å². The lowest BCUT2D eigenvalue weighted by molar-refractivity contribution is 0.0725. The number of benzene rings is 1. The summed E-state index contributed by atoms with van der Waals surface area (Å²) in [7, 11) is -0.741. The van der Waals surface area contributed by atoms with Crippen molar-refractivity contribution in [1.29, 1.82) is 0 Å². The maximum Gasteiger partial charge on any atom is 0.0485 e. The van der Waals surface area contributed by atoms with Crippen molar-refractivity contribution in [3.05, 3.63) is 35.4 Å². The Morgan fingerprint density at radius 3 is 2.35 bits per heavy atom. The largest absolute Gasteiger partial charge is 0.381 e. The quantitative estimate of drug-likeness (QED) is 0.802. The number of ether oxygens (including phenoxy) is 1. The van der Waals surface area contributed by atoms with Crippen molar-refractivity contribution in [2.75, 3.05) is 19.0 Å². The van der Waals surface area contributed by atoms with E-state index in [1.807, 2.05) is 0 Å². The van der Waals surface area contributed by atoms with Gasteiger partial charge >= 0.3 is 0 Å². The highest BCUT2D eigenvalue weighted by atomic mass is 32.2. The van der Waals surface area contributed by atoms with Gasteiger partial charge in [-0.05, 0) is 42.2 Å². The second-order valence-corrected chi connectivity index (χ2v) is 7.72. The molecule has 0 aromatic heterocycles. The van der Waals surface area contributed by atoms with Crippen LogP contribution in [-0.2, 0) is 27.7 Å². The van der Waals surface area contributed by atoms with Crippen LogP contribution >= 0.6 is 0 Å². The van der Waals surface area contributed by atoms with Crippen LogP contribution in [-0.4, -0.2) is 23.2 Å². The minimum Gasteiger partial charge on any atom is -0.381 e. The molecule has 1 fully saturated rings. The molecule has 0 bridgehead atoms. The molecule has 2 nitrogen and oxygen atoms in total. The zero-order chi connectivity index (χ0) is 14.4. The first-order chi connectivity index (χ1) is 9.63. The number of rotatable bonds is 6. The van der Waals surface area contributed by atoms with Gasteiger partial charge in [0, 0.05) is 35.5 Å². The van der Waals surface area contributed by atoms with E-state index in [0.717, 1.165) is 38.2 Å². The molecule has 0 saturated carbocycles. The monoisotopic (exact) mass is 294 g/mol. The van der Waals surface area contributed by atoms with E-state index in [9.17, 15) is 4.21 Å². The Kier molecular flexibility index (Phi) is 6.24. The fourth-order valence-corrected chi connectivity index (χ4v) is 4.20. The van der Waals surface area contributed by atoms with Gasteiger partial charge in [-0.15, -0.1) is 0 Å². The van der Waals surface area contributed by atoms with Crippen molar-refractivity contribution in [2.45, 2.75) is 38.9 Å². The summed E-state index contributed by atoms with van der Waals surface area (Å²) in [4.78, 5) is 0. The van der Waals surface area contributed by atoms with Gasteiger partial charge in [0.25, 0.3) is 0 Å². The predicted octanol–water partition coefficient (Wildman–Crippen LogP) is 3.56. The Bertz CT molecular complexity index is 419. The fourth-order valence-electron chi connectivity index (χ4n) is 2.66. The molecule has 1 heterocycles. The Hall–Kier alpha value is -0.670. The van der Waals surface area contributed by atoms with E-state index in [1.54, 1.807) is 0 Å². The summed E-state index contributed by atoms with van der Waals surface area (Å²) >= 11 is 0. The van der Waals surface area contributed by atoms with Crippen molar-refractivity contribution >= 4 is 10.8 Å². The number of hydrogen-bond acceptors (Lipinski definition) is 2. The van der Waals surface area contributed by atoms with E-state index in [-0.39, 0.29) is 0 Å². The van der Waals surface area contributed by atoms with Gasteiger partial charge in [-0.2, -0.15) is 0 Å². The van der Waals surface area contributed by atoms with Crippen LogP contribution < -0.4 is 0 Å². The van der Waals surface area contributed by atoms with Crippen molar-refractivity contribution in [3.63, 3.8) is 0 Å². The minimum absolute atomic E-state index is 0.588. The molecule has 112 valence electrons. The smallest absolute Gasteiger partial charge is 0.0485 e. The summed E-state index contributed by atoms with van der Waals surface area (Å²) in [5.41, 5.74) is 2.57. The molecule has 2 rings (SSSR count). The second-order valence-electron chi connectivity index (χ2n) is 6.22. The summed E-state index contributed by atoms with van der Waals surface area (Å²) in [6.07, 6.45) is 3.25. The molecule has 0 N–H and O–H groups in total. The summed E-state index contributed by atoms with van der Waals surface area (Å²) in [5.74, 6) is 2.80.